The van der Waals surface area contributed by atoms with Crippen molar-refractivity contribution in [2.45, 2.75) is 12.8 Å². The number of nitrogens with zero attached hydrogens (tertiary/aromatic N) is 1. The van der Waals surface area contributed by atoms with Gasteiger partial charge in [0.2, 0.25) is 0 Å². The second-order valence-electron chi connectivity index (χ2n) is 3.65. The zero-order chi connectivity index (χ0) is 11.5. The molecule has 0 saturated carbocycles. The molecule has 4 nitrogen and oxygen atoms in total. The quantitative estimate of drug-likeness (QED) is 0.765. The van der Waals surface area contributed by atoms with Crippen molar-refractivity contribution in [3.05, 3.63) is 28.8 Å². The molecule has 5 heteroatoms. The smallest absolute Gasteiger partial charge is 0.279 e. The first-order valence-electron chi connectivity index (χ1n) is 5.19. The summed E-state index contributed by atoms with van der Waals surface area (Å²) in [4.78, 5) is 17.3. The summed E-state index contributed by atoms with van der Waals surface area (Å²) in [5, 5.41) is 1.74. The van der Waals surface area contributed by atoms with E-state index in [0.717, 1.165) is 12.8 Å². The summed E-state index contributed by atoms with van der Waals surface area (Å²) < 4.78 is 0. The zero-order valence-electron chi connectivity index (χ0n) is 8.78. The summed E-state index contributed by atoms with van der Waals surface area (Å²) in [5.74, 6) is -0.222. The van der Waals surface area contributed by atoms with E-state index in [2.05, 4.69) is 0 Å². The highest BCUT2D eigenvalue weighted by Gasteiger charge is 2.21. The lowest BCUT2D eigenvalue weighted by Crippen LogP contribution is -2.36. The van der Waals surface area contributed by atoms with Gasteiger partial charge in [0.05, 0.1) is 22.9 Å². The molecular formula is C11H13ClN2O2. The van der Waals surface area contributed by atoms with E-state index in [4.69, 9.17) is 22.2 Å². The first-order chi connectivity index (χ1) is 7.70. The number of hydrogen-bond acceptors (Lipinski definition) is 3. The van der Waals surface area contributed by atoms with Crippen molar-refractivity contribution < 1.29 is 9.63 Å². The molecule has 0 spiro atoms. The number of hydroxylamine groups is 2. The van der Waals surface area contributed by atoms with Crippen LogP contribution >= 0.6 is 11.6 Å². The molecule has 0 aliphatic carbocycles. The number of benzene rings is 1. The summed E-state index contributed by atoms with van der Waals surface area (Å²) in [6.07, 6.45) is 1.93. The van der Waals surface area contributed by atoms with Crippen LogP contribution in [-0.2, 0) is 4.84 Å². The lowest BCUT2D eigenvalue weighted by atomic mass is 10.1. The number of hydrogen-bond donors (Lipinski definition) is 1. The number of carbonyl (C=O) groups excluding carboxylic acids is 1. The second-order valence-corrected chi connectivity index (χ2v) is 4.06. The third kappa shape index (κ3) is 2.13. The monoisotopic (exact) mass is 240 g/mol. The summed E-state index contributed by atoms with van der Waals surface area (Å²) in [6.45, 7) is 1.18. The van der Waals surface area contributed by atoms with Crippen LogP contribution in [0.3, 0.4) is 0 Å². The van der Waals surface area contributed by atoms with Gasteiger partial charge >= 0.3 is 0 Å². The Hall–Kier alpha value is -1.26. The van der Waals surface area contributed by atoms with Crippen molar-refractivity contribution in [1.29, 1.82) is 0 Å². The summed E-state index contributed by atoms with van der Waals surface area (Å²) in [7, 11) is 0. The van der Waals surface area contributed by atoms with Gasteiger partial charge in [-0.25, -0.2) is 5.06 Å². The molecule has 1 heterocycles. The van der Waals surface area contributed by atoms with Crippen LogP contribution in [0.5, 0.6) is 0 Å². The van der Waals surface area contributed by atoms with Gasteiger partial charge in [-0.2, -0.15) is 0 Å². The van der Waals surface area contributed by atoms with Crippen molar-refractivity contribution in [3.8, 4) is 0 Å². The molecule has 16 heavy (non-hydrogen) atoms. The molecule has 0 atom stereocenters. The Labute approximate surface area is 98.9 Å². The highest BCUT2D eigenvalue weighted by atomic mass is 35.5. The fraction of sp³-hybridized carbons (Fsp3) is 0.364. The number of rotatable bonds is 1. The zero-order valence-corrected chi connectivity index (χ0v) is 9.54. The van der Waals surface area contributed by atoms with Crippen LogP contribution in [0.15, 0.2) is 18.2 Å². The molecule has 1 aromatic rings. The van der Waals surface area contributed by atoms with E-state index in [1.54, 1.807) is 18.2 Å². The van der Waals surface area contributed by atoms with Crippen molar-refractivity contribution in [2.75, 3.05) is 18.9 Å². The largest absolute Gasteiger partial charge is 0.397 e. The van der Waals surface area contributed by atoms with Crippen LogP contribution < -0.4 is 5.73 Å². The van der Waals surface area contributed by atoms with Crippen LogP contribution in [0.2, 0.25) is 5.02 Å². The highest BCUT2D eigenvalue weighted by Crippen LogP contribution is 2.24. The number of halogens is 1. The lowest BCUT2D eigenvalue weighted by molar-refractivity contribution is -0.144. The van der Waals surface area contributed by atoms with Crippen LogP contribution in [-0.4, -0.2) is 24.1 Å². The van der Waals surface area contributed by atoms with Crippen molar-refractivity contribution in [1.82, 2.24) is 5.06 Å². The van der Waals surface area contributed by atoms with E-state index in [-0.39, 0.29) is 5.91 Å². The maximum Gasteiger partial charge on any atom is 0.279 e. The van der Waals surface area contributed by atoms with Gasteiger partial charge in [-0.3, -0.25) is 9.63 Å². The van der Waals surface area contributed by atoms with Gasteiger partial charge in [0.1, 0.15) is 0 Å². The van der Waals surface area contributed by atoms with Crippen LogP contribution in [0, 0.1) is 0 Å². The Morgan fingerprint density at radius 1 is 1.44 bits per heavy atom. The number of carbonyl (C=O) groups is 1. The number of anilines is 1. The Morgan fingerprint density at radius 2 is 2.25 bits per heavy atom. The number of para-hydroxylation sites is 1. The molecule has 1 fully saturated rings. The van der Waals surface area contributed by atoms with Gasteiger partial charge in [0.15, 0.2) is 0 Å². The summed E-state index contributed by atoms with van der Waals surface area (Å²) in [6, 6.07) is 5.02. The van der Waals surface area contributed by atoms with E-state index in [9.17, 15) is 4.79 Å². The third-order valence-electron chi connectivity index (χ3n) is 2.51. The van der Waals surface area contributed by atoms with E-state index >= 15 is 0 Å². The molecule has 1 saturated heterocycles. The summed E-state index contributed by atoms with van der Waals surface area (Å²) >= 11 is 5.86. The van der Waals surface area contributed by atoms with Crippen molar-refractivity contribution in [2.24, 2.45) is 0 Å². The molecule has 1 aliphatic heterocycles. The minimum Gasteiger partial charge on any atom is -0.397 e. The van der Waals surface area contributed by atoms with Gasteiger partial charge in [0, 0.05) is 6.54 Å². The van der Waals surface area contributed by atoms with Crippen LogP contribution in [0.25, 0.3) is 0 Å². The molecule has 0 aromatic heterocycles. The minimum atomic E-state index is -0.222. The van der Waals surface area contributed by atoms with E-state index in [0.29, 0.717) is 29.4 Å². The number of amides is 1. The summed E-state index contributed by atoms with van der Waals surface area (Å²) in [5.41, 5.74) is 6.46. The Balaban J connectivity index is 2.22. The average Bonchev–Trinajstić information content (AvgIpc) is 2.33. The molecule has 1 amide bonds. The molecule has 1 aromatic carbocycles. The fourth-order valence-corrected chi connectivity index (χ4v) is 1.79. The fourth-order valence-electron chi connectivity index (χ4n) is 1.61. The van der Waals surface area contributed by atoms with E-state index in [1.165, 1.54) is 5.06 Å². The highest BCUT2D eigenvalue weighted by molar-refractivity contribution is 6.33. The first kappa shape index (κ1) is 11.2. The predicted molar refractivity (Wildman–Crippen MR) is 62.1 cm³/mol. The predicted octanol–water partition coefficient (Wildman–Crippen LogP) is 2.09. The molecule has 2 N–H and O–H groups in total. The lowest BCUT2D eigenvalue weighted by Gasteiger charge is -2.26. The van der Waals surface area contributed by atoms with Gasteiger partial charge in [-0.05, 0) is 25.0 Å². The molecular weight excluding hydrogens is 228 g/mol. The number of nitrogen functional groups attached to an aromatic ring is 1. The van der Waals surface area contributed by atoms with Crippen molar-refractivity contribution >= 4 is 23.2 Å². The maximum atomic E-state index is 12.0. The van der Waals surface area contributed by atoms with Crippen LogP contribution in [0.4, 0.5) is 5.69 Å². The first-order valence-corrected chi connectivity index (χ1v) is 5.56. The Bertz CT molecular complexity index is 403. The molecule has 2 rings (SSSR count). The van der Waals surface area contributed by atoms with Gasteiger partial charge in [-0.1, -0.05) is 17.7 Å². The molecule has 0 bridgehead atoms. The minimum absolute atomic E-state index is 0.222. The average molecular weight is 241 g/mol. The SMILES string of the molecule is Nc1c(Cl)cccc1C(=O)N1CCCCO1. The van der Waals surface area contributed by atoms with E-state index < -0.39 is 0 Å². The molecule has 0 radical (unpaired) electrons. The Morgan fingerprint density at radius 3 is 2.94 bits per heavy atom. The van der Waals surface area contributed by atoms with Gasteiger partial charge in [-0.15, -0.1) is 0 Å². The van der Waals surface area contributed by atoms with Gasteiger partial charge < -0.3 is 5.73 Å². The van der Waals surface area contributed by atoms with Crippen molar-refractivity contribution in [3.63, 3.8) is 0 Å². The Kier molecular flexibility index (Phi) is 3.31. The second kappa shape index (κ2) is 4.72. The van der Waals surface area contributed by atoms with E-state index in [1.807, 2.05) is 0 Å². The van der Waals surface area contributed by atoms with Crippen LogP contribution in [0.1, 0.15) is 23.2 Å². The number of nitrogens with two attached hydrogens (primary N) is 1. The molecule has 0 unspecified atom stereocenters. The van der Waals surface area contributed by atoms with Gasteiger partial charge in [0.25, 0.3) is 5.91 Å². The third-order valence-corrected chi connectivity index (χ3v) is 2.84. The standard InChI is InChI=1S/C11H13ClN2O2/c12-9-5-3-4-8(10(9)13)11(15)14-6-1-2-7-16-14/h3-5H,1-2,6-7,13H2. The topological polar surface area (TPSA) is 55.6 Å². The maximum absolute atomic E-state index is 12.0. The molecule has 1 aliphatic rings. The normalized spacial score (nSPS) is 16.2. The molecule has 86 valence electrons.